The fraction of sp³-hybridized carbons (Fsp3) is 0.259. The van der Waals surface area contributed by atoms with Crippen molar-refractivity contribution in [1.82, 2.24) is 5.32 Å². The minimum atomic E-state index is -0.193. The molecule has 0 aromatic heterocycles. The van der Waals surface area contributed by atoms with E-state index < -0.39 is 0 Å². The molecular weight excluding hydrogens is 394 g/mol. The Bertz CT molecular complexity index is 941. The zero-order chi connectivity index (χ0) is 24.1. The molecule has 1 aliphatic rings. The molecule has 6 N–H and O–H groups in total. The fourth-order valence-electron chi connectivity index (χ4n) is 3.81. The Labute approximate surface area is 193 Å². The molecule has 0 bridgehead atoms. The summed E-state index contributed by atoms with van der Waals surface area (Å²) in [5, 5.41) is 23.3. The van der Waals surface area contributed by atoms with Gasteiger partial charge in [-0.3, -0.25) is 0 Å². The summed E-state index contributed by atoms with van der Waals surface area (Å²) in [6.45, 7) is 12.6. The highest BCUT2D eigenvalue weighted by atomic mass is 15.0. The number of rotatable bonds is 7. The third-order valence-electron chi connectivity index (χ3n) is 5.13. The van der Waals surface area contributed by atoms with Crippen molar-refractivity contribution in [3.8, 4) is 0 Å². The minimum Gasteiger partial charge on any atom is -0.377 e. The number of allylic oxidation sites excluding steroid dienone is 1. The third kappa shape index (κ3) is 5.90. The van der Waals surface area contributed by atoms with Gasteiger partial charge in [-0.05, 0) is 48.5 Å². The Kier molecular flexibility index (Phi) is 11.6. The maximum Gasteiger partial charge on any atom is 0.0638 e. The third-order valence-corrected chi connectivity index (χ3v) is 5.13. The van der Waals surface area contributed by atoms with Gasteiger partial charge >= 0.3 is 0 Å². The zero-order valence-corrected chi connectivity index (χ0v) is 19.7. The van der Waals surface area contributed by atoms with Crippen molar-refractivity contribution in [3.05, 3.63) is 95.6 Å². The van der Waals surface area contributed by atoms with Gasteiger partial charge < -0.3 is 27.2 Å². The van der Waals surface area contributed by atoms with Crippen LogP contribution >= 0.6 is 0 Å². The van der Waals surface area contributed by atoms with E-state index in [-0.39, 0.29) is 12.0 Å². The summed E-state index contributed by atoms with van der Waals surface area (Å²) in [7, 11) is 3.43. The Morgan fingerprint density at radius 3 is 2.31 bits per heavy atom. The molecule has 0 radical (unpaired) electrons. The number of nitrogens with one attached hydrogen (secondary N) is 4. The Hall–Kier alpha value is -3.28. The van der Waals surface area contributed by atoms with Crippen LogP contribution in [0.5, 0.6) is 0 Å². The highest BCUT2D eigenvalue weighted by Crippen LogP contribution is 2.39. The Balaban J connectivity index is 0.00000121. The van der Waals surface area contributed by atoms with Crippen molar-refractivity contribution in [2.24, 2.45) is 5.73 Å². The molecule has 5 nitrogen and oxygen atoms in total. The second-order valence-electron chi connectivity index (χ2n) is 6.80. The molecule has 0 aliphatic carbocycles. The van der Waals surface area contributed by atoms with Crippen LogP contribution in [0.25, 0.3) is 6.08 Å². The highest BCUT2D eigenvalue weighted by molar-refractivity contribution is 6.12. The van der Waals surface area contributed by atoms with Crippen molar-refractivity contribution in [1.29, 1.82) is 10.8 Å². The molecule has 0 amide bonds. The first-order chi connectivity index (χ1) is 15.6. The van der Waals surface area contributed by atoms with Gasteiger partial charge in [-0.1, -0.05) is 75.6 Å². The van der Waals surface area contributed by atoms with Crippen LogP contribution < -0.4 is 16.4 Å². The second-order valence-corrected chi connectivity index (χ2v) is 6.80. The molecule has 0 fully saturated rings. The predicted octanol–water partition coefficient (Wildman–Crippen LogP) is 5.36. The minimum absolute atomic E-state index is 0.172. The van der Waals surface area contributed by atoms with Gasteiger partial charge in [0.25, 0.3) is 0 Å². The van der Waals surface area contributed by atoms with E-state index in [0.717, 1.165) is 34.5 Å². The van der Waals surface area contributed by atoms with Gasteiger partial charge in [-0.25, -0.2) is 0 Å². The smallest absolute Gasteiger partial charge is 0.0638 e. The molecule has 0 saturated heterocycles. The van der Waals surface area contributed by atoms with E-state index in [2.05, 4.69) is 53.8 Å². The number of benzene rings is 2. The van der Waals surface area contributed by atoms with E-state index in [1.165, 1.54) is 18.8 Å². The van der Waals surface area contributed by atoms with Crippen molar-refractivity contribution >= 4 is 23.7 Å². The van der Waals surface area contributed by atoms with Crippen LogP contribution in [0.15, 0.2) is 73.3 Å². The molecule has 32 heavy (non-hydrogen) atoms. The van der Waals surface area contributed by atoms with Crippen molar-refractivity contribution in [3.63, 3.8) is 0 Å². The number of nitrogens with two attached hydrogens (primary N) is 1. The molecule has 1 heterocycles. The van der Waals surface area contributed by atoms with Gasteiger partial charge in [0.1, 0.15) is 0 Å². The van der Waals surface area contributed by atoms with Gasteiger partial charge in [0.05, 0.1) is 17.7 Å². The summed E-state index contributed by atoms with van der Waals surface area (Å²) < 4.78 is 0. The van der Waals surface area contributed by atoms with Crippen LogP contribution in [0.1, 0.15) is 42.0 Å². The summed E-state index contributed by atoms with van der Waals surface area (Å²) in [6.07, 6.45) is 6.57. The standard InChI is InChI=1S/C24H26N4.C2H6.CH5N/c1-4-17-7-6-8-20-21(17)23(26)22(24(28-20)18(5-2)13-14-25)19-11-9-16(10-12-19)15-27-3;2*1-2/h4-14,22,24-28H,1-2,15H2,3H3;1-2H3;2H2,1H3/b18-13+,25-14?,26-23?;;. The molecule has 2 aromatic rings. The highest BCUT2D eigenvalue weighted by Gasteiger charge is 2.36. The average Bonchev–Trinajstić information content (AvgIpc) is 2.85. The Morgan fingerprint density at radius 1 is 1.12 bits per heavy atom. The topological polar surface area (TPSA) is 97.8 Å². The molecule has 170 valence electrons. The van der Waals surface area contributed by atoms with Gasteiger partial charge in [0.2, 0.25) is 0 Å². The molecule has 0 saturated carbocycles. The van der Waals surface area contributed by atoms with Gasteiger partial charge in [-0.2, -0.15) is 0 Å². The Morgan fingerprint density at radius 2 is 1.78 bits per heavy atom. The lowest BCUT2D eigenvalue weighted by molar-refractivity contribution is 0.755. The first-order valence-electron chi connectivity index (χ1n) is 10.9. The molecule has 2 unspecified atom stereocenters. The van der Waals surface area contributed by atoms with E-state index in [1.54, 1.807) is 18.2 Å². The van der Waals surface area contributed by atoms with E-state index in [1.807, 2.05) is 39.1 Å². The fourth-order valence-corrected chi connectivity index (χ4v) is 3.81. The van der Waals surface area contributed by atoms with Gasteiger partial charge in [-0.15, -0.1) is 0 Å². The normalized spacial score (nSPS) is 16.8. The second kappa shape index (κ2) is 13.9. The lowest BCUT2D eigenvalue weighted by atomic mass is 9.76. The molecule has 1 aliphatic heterocycles. The van der Waals surface area contributed by atoms with Crippen LogP contribution in [-0.4, -0.2) is 32.1 Å². The monoisotopic (exact) mass is 431 g/mol. The van der Waals surface area contributed by atoms with Crippen molar-refractivity contribution in [2.75, 3.05) is 19.4 Å². The largest absolute Gasteiger partial charge is 0.377 e. The molecule has 0 spiro atoms. The lowest BCUT2D eigenvalue weighted by Gasteiger charge is -2.37. The van der Waals surface area contributed by atoms with Gasteiger partial charge in [0.15, 0.2) is 0 Å². The number of hydrogen-bond acceptors (Lipinski definition) is 5. The summed E-state index contributed by atoms with van der Waals surface area (Å²) in [6, 6.07) is 14.1. The van der Waals surface area contributed by atoms with Crippen LogP contribution in [0, 0.1) is 10.8 Å². The van der Waals surface area contributed by atoms with Crippen LogP contribution in [-0.2, 0) is 6.54 Å². The summed E-state index contributed by atoms with van der Waals surface area (Å²) in [5.74, 6) is -0.193. The lowest BCUT2D eigenvalue weighted by Crippen LogP contribution is -2.39. The quantitative estimate of drug-likeness (QED) is 0.302. The van der Waals surface area contributed by atoms with E-state index in [4.69, 9.17) is 10.8 Å². The molecule has 3 rings (SSSR count). The van der Waals surface area contributed by atoms with E-state index >= 15 is 0 Å². The summed E-state index contributed by atoms with van der Waals surface area (Å²) >= 11 is 0. The van der Waals surface area contributed by atoms with Crippen LogP contribution in [0.2, 0.25) is 0 Å². The van der Waals surface area contributed by atoms with Crippen LogP contribution in [0.3, 0.4) is 0 Å². The van der Waals surface area contributed by atoms with E-state index in [0.29, 0.717) is 5.71 Å². The van der Waals surface area contributed by atoms with Crippen molar-refractivity contribution in [2.45, 2.75) is 32.4 Å². The molecular formula is C27H37N5. The number of anilines is 1. The number of fused-ring (bicyclic) bond motifs is 1. The summed E-state index contributed by atoms with van der Waals surface area (Å²) in [5.41, 5.74) is 10.9. The van der Waals surface area contributed by atoms with Crippen LogP contribution in [0.4, 0.5) is 5.69 Å². The molecule has 2 aromatic carbocycles. The zero-order valence-electron chi connectivity index (χ0n) is 19.7. The van der Waals surface area contributed by atoms with E-state index in [9.17, 15) is 0 Å². The first kappa shape index (κ1) is 26.8. The van der Waals surface area contributed by atoms with Gasteiger partial charge in [0, 0.05) is 24.0 Å². The average molecular weight is 432 g/mol. The van der Waals surface area contributed by atoms with Crippen molar-refractivity contribution < 1.29 is 0 Å². The maximum atomic E-state index is 9.06. The number of hydrogen-bond donors (Lipinski definition) is 5. The SMILES string of the molecule is C=C/C(=C\C=N)C1Nc2cccc(C=C)c2C(=N)C1c1ccc(CNC)cc1.CC.CN. The predicted molar refractivity (Wildman–Crippen MR) is 141 cm³/mol. The molecule has 5 heteroatoms. The first-order valence-corrected chi connectivity index (χ1v) is 10.9. The summed E-state index contributed by atoms with van der Waals surface area (Å²) in [4.78, 5) is 0. The molecule has 2 atom stereocenters. The maximum absolute atomic E-state index is 9.06.